The van der Waals surface area contributed by atoms with E-state index in [9.17, 15) is 28.8 Å². The molecule has 14 heteroatoms. The summed E-state index contributed by atoms with van der Waals surface area (Å²) in [6, 6.07) is 1.79. The highest BCUT2D eigenvalue weighted by molar-refractivity contribution is 6.36. The monoisotopic (exact) mass is 552 g/mol. The standard InChI is InChI=1S/C26H32N8O6/c1-27-25(39)20(35)5-4-17(29-24(38)19-11-28-33-32-19)23(37)30-18-3-2-6-34(26(18)40)12-21(36)31-22-15-8-13-7-14(10-15)16(22)9-13/h2-3,6,11,13-17,22H,4-5,7-10,12H2,1H3,(H,27,39)(H,29,38)(H,30,37)(H,31,36)(H,28,32,33)/t13?,14?,15?,16?,17-,22?/m0/s1. The molecule has 4 bridgehead atoms. The molecule has 6 atom stereocenters. The van der Waals surface area contributed by atoms with Crippen LogP contribution in [-0.2, 0) is 25.7 Å². The van der Waals surface area contributed by atoms with Crippen molar-refractivity contribution in [3.8, 4) is 0 Å². The highest BCUT2D eigenvalue weighted by atomic mass is 16.2. The molecule has 5 unspecified atom stereocenters. The molecule has 4 fully saturated rings. The van der Waals surface area contributed by atoms with Crippen molar-refractivity contribution < 1.29 is 24.0 Å². The van der Waals surface area contributed by atoms with Crippen LogP contribution in [0.5, 0.6) is 0 Å². The number of nitrogens with one attached hydrogen (secondary N) is 5. The van der Waals surface area contributed by atoms with Gasteiger partial charge in [-0.05, 0) is 67.9 Å². The number of aromatic nitrogens is 4. The van der Waals surface area contributed by atoms with Gasteiger partial charge in [-0.25, -0.2) is 0 Å². The molecular weight excluding hydrogens is 520 g/mol. The molecule has 6 rings (SSSR count). The van der Waals surface area contributed by atoms with Crippen LogP contribution in [0.1, 0.15) is 49.0 Å². The van der Waals surface area contributed by atoms with Gasteiger partial charge in [0.15, 0.2) is 5.69 Å². The van der Waals surface area contributed by atoms with Crippen LogP contribution in [0.4, 0.5) is 5.69 Å². The summed E-state index contributed by atoms with van der Waals surface area (Å²) in [6.07, 6.45) is 6.89. The number of likely N-dealkylation sites (N-methyl/N-ethyl adjacent to an activating group) is 1. The quantitative estimate of drug-likeness (QED) is 0.227. The molecule has 2 heterocycles. The third kappa shape index (κ3) is 5.65. The molecule has 2 aromatic rings. The predicted octanol–water partition coefficient (Wildman–Crippen LogP) is -0.650. The lowest BCUT2D eigenvalue weighted by Gasteiger charge is -2.32. The molecule has 4 aliphatic carbocycles. The third-order valence-corrected chi connectivity index (χ3v) is 8.39. The normalized spacial score (nSPS) is 24.8. The van der Waals surface area contributed by atoms with E-state index in [4.69, 9.17) is 0 Å². The molecule has 212 valence electrons. The number of rotatable bonds is 11. The number of hydrogen-bond donors (Lipinski definition) is 5. The lowest BCUT2D eigenvalue weighted by Crippen LogP contribution is -2.46. The number of pyridine rings is 1. The summed E-state index contributed by atoms with van der Waals surface area (Å²) in [5.41, 5.74) is -0.785. The van der Waals surface area contributed by atoms with Gasteiger partial charge in [0.1, 0.15) is 18.3 Å². The Morgan fingerprint density at radius 3 is 2.65 bits per heavy atom. The average molecular weight is 553 g/mol. The summed E-state index contributed by atoms with van der Waals surface area (Å²) in [4.78, 5) is 75.2. The molecule has 4 amide bonds. The smallest absolute Gasteiger partial charge is 0.287 e. The summed E-state index contributed by atoms with van der Waals surface area (Å²) in [6.45, 7) is -0.195. The van der Waals surface area contributed by atoms with E-state index in [0.717, 1.165) is 25.2 Å². The molecule has 0 aromatic carbocycles. The van der Waals surface area contributed by atoms with Gasteiger partial charge in [0, 0.05) is 25.7 Å². The van der Waals surface area contributed by atoms with E-state index >= 15 is 0 Å². The van der Waals surface area contributed by atoms with Crippen LogP contribution >= 0.6 is 0 Å². The summed E-state index contributed by atoms with van der Waals surface area (Å²) < 4.78 is 1.22. The first-order valence-corrected chi connectivity index (χ1v) is 13.5. The number of H-pyrrole nitrogens is 1. The van der Waals surface area contributed by atoms with Crippen molar-refractivity contribution in [2.45, 2.75) is 57.2 Å². The van der Waals surface area contributed by atoms with Crippen molar-refractivity contribution >= 4 is 35.1 Å². The molecule has 4 saturated carbocycles. The molecule has 0 aliphatic heterocycles. The SMILES string of the molecule is CNC(=O)C(=O)CC[C@H](NC(=O)c1c[nH]nn1)C(=O)Nc1cccn(CC(=O)NC2C3CC4CC(C3)C2C4)c1=O. The van der Waals surface area contributed by atoms with Crippen LogP contribution in [0.15, 0.2) is 29.3 Å². The zero-order chi connectivity index (χ0) is 28.4. The first-order chi connectivity index (χ1) is 19.2. The Bertz CT molecular complexity index is 1370. The second kappa shape index (κ2) is 11.4. The zero-order valence-corrected chi connectivity index (χ0v) is 22.0. The number of hydrogen-bond acceptors (Lipinski definition) is 8. The molecule has 2 aromatic heterocycles. The lowest BCUT2D eigenvalue weighted by molar-refractivity contribution is -0.137. The fraction of sp³-hybridized carbons (Fsp3) is 0.538. The number of carbonyl (C=O) groups excluding carboxylic acids is 5. The lowest BCUT2D eigenvalue weighted by atomic mass is 9.79. The molecule has 40 heavy (non-hydrogen) atoms. The van der Waals surface area contributed by atoms with Gasteiger partial charge >= 0.3 is 0 Å². The fourth-order valence-electron chi connectivity index (χ4n) is 6.67. The number of ketones is 1. The highest BCUT2D eigenvalue weighted by Crippen LogP contribution is 2.58. The summed E-state index contributed by atoms with van der Waals surface area (Å²) >= 11 is 0. The summed E-state index contributed by atoms with van der Waals surface area (Å²) in [7, 11) is 1.30. The maximum Gasteiger partial charge on any atom is 0.287 e. The minimum absolute atomic E-state index is 0.0906. The van der Waals surface area contributed by atoms with E-state index in [1.165, 1.54) is 42.6 Å². The largest absolute Gasteiger partial charge is 0.353 e. The van der Waals surface area contributed by atoms with Gasteiger partial charge in [-0.2, -0.15) is 0 Å². The Labute approximate surface area is 229 Å². The zero-order valence-electron chi connectivity index (χ0n) is 22.0. The highest BCUT2D eigenvalue weighted by Gasteiger charge is 2.54. The average Bonchev–Trinajstić information content (AvgIpc) is 3.63. The van der Waals surface area contributed by atoms with Gasteiger partial charge in [-0.1, -0.05) is 5.21 Å². The van der Waals surface area contributed by atoms with Gasteiger partial charge in [0.25, 0.3) is 17.4 Å². The molecule has 4 aliphatic rings. The molecule has 0 saturated heterocycles. The number of Topliss-reactive ketones (excluding diaryl/α,β-unsaturated/α-hetero) is 1. The van der Waals surface area contributed by atoms with E-state index in [2.05, 4.69) is 36.7 Å². The van der Waals surface area contributed by atoms with Gasteiger partial charge in [-0.15, -0.1) is 5.10 Å². The van der Waals surface area contributed by atoms with Crippen molar-refractivity contribution in [1.29, 1.82) is 0 Å². The van der Waals surface area contributed by atoms with E-state index in [-0.39, 0.29) is 42.7 Å². The number of carbonyl (C=O) groups is 5. The maximum absolute atomic E-state index is 13.1. The first kappa shape index (κ1) is 27.2. The van der Waals surface area contributed by atoms with Crippen LogP contribution < -0.4 is 26.8 Å². The molecule has 0 radical (unpaired) electrons. The Morgan fingerprint density at radius 2 is 1.93 bits per heavy atom. The number of nitrogens with zero attached hydrogens (tertiary/aromatic N) is 3. The van der Waals surface area contributed by atoms with Crippen LogP contribution in [0.2, 0.25) is 0 Å². The van der Waals surface area contributed by atoms with Crippen molar-refractivity contribution in [3.05, 3.63) is 40.6 Å². The van der Waals surface area contributed by atoms with Crippen LogP contribution in [0, 0.1) is 23.7 Å². The molecule has 14 nitrogen and oxygen atoms in total. The van der Waals surface area contributed by atoms with E-state index in [1.807, 2.05) is 0 Å². The number of amides is 4. The van der Waals surface area contributed by atoms with Crippen molar-refractivity contribution in [2.75, 3.05) is 12.4 Å². The predicted molar refractivity (Wildman–Crippen MR) is 140 cm³/mol. The van der Waals surface area contributed by atoms with Crippen molar-refractivity contribution in [2.24, 2.45) is 23.7 Å². The van der Waals surface area contributed by atoms with Gasteiger partial charge in [0.2, 0.25) is 17.6 Å². The topological polar surface area (TPSA) is 197 Å². The van der Waals surface area contributed by atoms with Gasteiger partial charge in [0.05, 0.1) is 6.20 Å². The molecule has 0 spiro atoms. The maximum atomic E-state index is 13.1. The number of anilines is 1. The third-order valence-electron chi connectivity index (χ3n) is 8.39. The Hall–Kier alpha value is -4.36. The van der Waals surface area contributed by atoms with E-state index in [0.29, 0.717) is 17.8 Å². The molecule has 5 N–H and O–H groups in total. The minimum Gasteiger partial charge on any atom is -0.353 e. The van der Waals surface area contributed by atoms with E-state index in [1.54, 1.807) is 0 Å². The van der Waals surface area contributed by atoms with Gasteiger partial charge in [-0.3, -0.25) is 33.9 Å². The Balaban J connectivity index is 1.24. The van der Waals surface area contributed by atoms with Crippen molar-refractivity contribution in [1.82, 2.24) is 35.9 Å². The second-order valence-electron chi connectivity index (χ2n) is 10.9. The number of aromatic amines is 1. The first-order valence-electron chi connectivity index (χ1n) is 13.5. The second-order valence-corrected chi connectivity index (χ2v) is 10.9. The minimum atomic E-state index is -1.28. The summed E-state index contributed by atoms with van der Waals surface area (Å²) in [5.74, 6) is -0.857. The van der Waals surface area contributed by atoms with Crippen molar-refractivity contribution in [3.63, 3.8) is 0 Å². The van der Waals surface area contributed by atoms with E-state index < -0.39 is 35.1 Å². The Kier molecular flexibility index (Phi) is 7.76. The molecular formula is C26H32N8O6. The van der Waals surface area contributed by atoms with Crippen LogP contribution in [-0.4, -0.2) is 68.5 Å². The van der Waals surface area contributed by atoms with Crippen LogP contribution in [0.3, 0.4) is 0 Å². The van der Waals surface area contributed by atoms with Crippen LogP contribution in [0.25, 0.3) is 0 Å². The Morgan fingerprint density at radius 1 is 1.12 bits per heavy atom. The fourth-order valence-corrected chi connectivity index (χ4v) is 6.67. The van der Waals surface area contributed by atoms with Gasteiger partial charge < -0.3 is 25.8 Å². The summed E-state index contributed by atoms with van der Waals surface area (Å²) in [5, 5.41) is 19.7.